The molecular formula is C11H23NO2. The average Bonchev–Trinajstić information content (AvgIpc) is 2.69. The summed E-state index contributed by atoms with van der Waals surface area (Å²) in [6.07, 6.45) is 7.59. The lowest BCUT2D eigenvalue weighted by Gasteiger charge is -2.10. The molecule has 1 atom stereocenters. The fourth-order valence-corrected chi connectivity index (χ4v) is 2.15. The highest BCUT2D eigenvalue weighted by atomic mass is 16.3. The van der Waals surface area contributed by atoms with E-state index < -0.39 is 6.10 Å². The normalized spacial score (nSPS) is 20.1. The zero-order valence-electron chi connectivity index (χ0n) is 8.91. The van der Waals surface area contributed by atoms with Gasteiger partial charge in [0, 0.05) is 6.54 Å². The fourth-order valence-electron chi connectivity index (χ4n) is 2.15. The summed E-state index contributed by atoms with van der Waals surface area (Å²) in [5.74, 6) is 0.958. The topological polar surface area (TPSA) is 52.5 Å². The first-order chi connectivity index (χ1) is 6.83. The van der Waals surface area contributed by atoms with Crippen LogP contribution in [0, 0.1) is 5.92 Å². The number of hydrogen-bond acceptors (Lipinski definition) is 3. The van der Waals surface area contributed by atoms with Crippen molar-refractivity contribution in [3.8, 4) is 0 Å². The van der Waals surface area contributed by atoms with Crippen LogP contribution >= 0.6 is 0 Å². The van der Waals surface area contributed by atoms with Gasteiger partial charge in [0.25, 0.3) is 0 Å². The summed E-state index contributed by atoms with van der Waals surface area (Å²) >= 11 is 0. The Morgan fingerprint density at radius 1 is 1.29 bits per heavy atom. The molecule has 0 unspecified atom stereocenters. The van der Waals surface area contributed by atoms with E-state index in [4.69, 9.17) is 10.2 Å². The van der Waals surface area contributed by atoms with E-state index in [-0.39, 0.29) is 6.61 Å². The molecule has 0 saturated heterocycles. The van der Waals surface area contributed by atoms with Crippen LogP contribution in [-0.4, -0.2) is 36.0 Å². The maximum absolute atomic E-state index is 9.06. The van der Waals surface area contributed by atoms with Gasteiger partial charge in [0.2, 0.25) is 0 Å². The van der Waals surface area contributed by atoms with Gasteiger partial charge in [0.1, 0.15) is 0 Å². The van der Waals surface area contributed by atoms with Gasteiger partial charge in [0.05, 0.1) is 12.7 Å². The Bertz CT molecular complexity index is 135. The Morgan fingerprint density at radius 3 is 2.64 bits per heavy atom. The Labute approximate surface area is 86.5 Å². The molecule has 1 fully saturated rings. The van der Waals surface area contributed by atoms with Crippen molar-refractivity contribution in [1.82, 2.24) is 5.32 Å². The van der Waals surface area contributed by atoms with Gasteiger partial charge in [-0.05, 0) is 25.3 Å². The predicted octanol–water partition coefficient (Wildman–Crippen LogP) is 0.900. The van der Waals surface area contributed by atoms with Crippen molar-refractivity contribution in [3.63, 3.8) is 0 Å². The van der Waals surface area contributed by atoms with Crippen LogP contribution in [0.4, 0.5) is 0 Å². The zero-order valence-corrected chi connectivity index (χ0v) is 8.91. The van der Waals surface area contributed by atoms with Crippen LogP contribution in [0.1, 0.15) is 38.5 Å². The third-order valence-corrected chi connectivity index (χ3v) is 3.03. The minimum Gasteiger partial charge on any atom is -0.394 e. The van der Waals surface area contributed by atoms with Gasteiger partial charge < -0.3 is 15.5 Å². The monoisotopic (exact) mass is 201 g/mol. The Kier molecular flexibility index (Phi) is 6.15. The van der Waals surface area contributed by atoms with E-state index >= 15 is 0 Å². The summed E-state index contributed by atoms with van der Waals surface area (Å²) in [5.41, 5.74) is 0. The Morgan fingerprint density at radius 2 is 2.00 bits per heavy atom. The minimum absolute atomic E-state index is 0.143. The van der Waals surface area contributed by atoms with Crippen molar-refractivity contribution in [3.05, 3.63) is 0 Å². The summed E-state index contributed by atoms with van der Waals surface area (Å²) in [4.78, 5) is 0. The molecule has 0 aromatic carbocycles. The van der Waals surface area contributed by atoms with Crippen LogP contribution in [0.15, 0.2) is 0 Å². The molecule has 0 amide bonds. The third-order valence-electron chi connectivity index (χ3n) is 3.03. The van der Waals surface area contributed by atoms with Crippen LogP contribution in [0.5, 0.6) is 0 Å². The molecule has 3 nitrogen and oxygen atoms in total. The SMILES string of the molecule is OC[C@@H](O)CNCCCC1CCCC1. The average molecular weight is 201 g/mol. The van der Waals surface area contributed by atoms with Crippen molar-refractivity contribution in [1.29, 1.82) is 0 Å². The van der Waals surface area contributed by atoms with E-state index in [1.165, 1.54) is 38.5 Å². The van der Waals surface area contributed by atoms with Crippen LogP contribution in [0.25, 0.3) is 0 Å². The number of nitrogens with one attached hydrogen (secondary N) is 1. The van der Waals surface area contributed by atoms with Gasteiger partial charge in [-0.15, -0.1) is 0 Å². The highest BCUT2D eigenvalue weighted by Crippen LogP contribution is 2.28. The summed E-state index contributed by atoms with van der Waals surface area (Å²) in [5, 5.41) is 20.8. The first kappa shape index (κ1) is 12.0. The van der Waals surface area contributed by atoms with E-state index in [9.17, 15) is 0 Å². The summed E-state index contributed by atoms with van der Waals surface area (Å²) in [7, 11) is 0. The van der Waals surface area contributed by atoms with Gasteiger partial charge in [-0.3, -0.25) is 0 Å². The van der Waals surface area contributed by atoms with Crippen LogP contribution < -0.4 is 5.32 Å². The number of aliphatic hydroxyl groups is 2. The number of rotatable bonds is 7. The zero-order chi connectivity index (χ0) is 10.2. The Balaban J connectivity index is 1.84. The molecule has 0 spiro atoms. The molecule has 0 radical (unpaired) electrons. The lowest BCUT2D eigenvalue weighted by atomic mass is 10.0. The first-order valence-corrected chi connectivity index (χ1v) is 5.82. The van der Waals surface area contributed by atoms with Gasteiger partial charge in [0.15, 0.2) is 0 Å². The van der Waals surface area contributed by atoms with E-state index in [2.05, 4.69) is 5.32 Å². The van der Waals surface area contributed by atoms with Crippen molar-refractivity contribution in [2.24, 2.45) is 5.92 Å². The molecular weight excluding hydrogens is 178 g/mol. The molecule has 0 aromatic heterocycles. The smallest absolute Gasteiger partial charge is 0.0894 e. The fraction of sp³-hybridized carbons (Fsp3) is 1.00. The largest absolute Gasteiger partial charge is 0.394 e. The van der Waals surface area contributed by atoms with Crippen LogP contribution in [0.2, 0.25) is 0 Å². The maximum Gasteiger partial charge on any atom is 0.0894 e. The van der Waals surface area contributed by atoms with Gasteiger partial charge in [-0.25, -0.2) is 0 Å². The lowest BCUT2D eigenvalue weighted by molar-refractivity contribution is 0.0944. The molecule has 3 N–H and O–H groups in total. The van der Waals surface area contributed by atoms with E-state index in [1.807, 2.05) is 0 Å². The molecule has 3 heteroatoms. The van der Waals surface area contributed by atoms with E-state index in [0.29, 0.717) is 6.54 Å². The molecule has 1 aliphatic carbocycles. The van der Waals surface area contributed by atoms with Gasteiger partial charge >= 0.3 is 0 Å². The molecule has 0 heterocycles. The summed E-state index contributed by atoms with van der Waals surface area (Å²) in [6, 6.07) is 0. The summed E-state index contributed by atoms with van der Waals surface area (Å²) < 4.78 is 0. The van der Waals surface area contributed by atoms with Crippen molar-refractivity contribution < 1.29 is 10.2 Å². The molecule has 0 aromatic rings. The van der Waals surface area contributed by atoms with E-state index in [1.54, 1.807) is 0 Å². The van der Waals surface area contributed by atoms with Crippen molar-refractivity contribution >= 4 is 0 Å². The van der Waals surface area contributed by atoms with Crippen molar-refractivity contribution in [2.75, 3.05) is 19.7 Å². The second kappa shape index (κ2) is 7.21. The number of hydrogen-bond donors (Lipinski definition) is 3. The minimum atomic E-state index is -0.596. The molecule has 0 bridgehead atoms. The van der Waals surface area contributed by atoms with Crippen molar-refractivity contribution in [2.45, 2.75) is 44.6 Å². The summed E-state index contributed by atoms with van der Waals surface area (Å²) in [6.45, 7) is 1.34. The van der Waals surface area contributed by atoms with Gasteiger partial charge in [-0.2, -0.15) is 0 Å². The van der Waals surface area contributed by atoms with Crippen LogP contribution in [-0.2, 0) is 0 Å². The lowest BCUT2D eigenvalue weighted by Crippen LogP contribution is -2.30. The molecule has 1 aliphatic rings. The third kappa shape index (κ3) is 4.94. The molecule has 1 rings (SSSR count). The maximum atomic E-state index is 9.06. The second-order valence-corrected chi connectivity index (χ2v) is 4.33. The molecule has 0 aliphatic heterocycles. The first-order valence-electron chi connectivity index (χ1n) is 5.82. The van der Waals surface area contributed by atoms with E-state index in [0.717, 1.165) is 12.5 Å². The van der Waals surface area contributed by atoms with Gasteiger partial charge in [-0.1, -0.05) is 25.7 Å². The Hall–Kier alpha value is -0.120. The molecule has 84 valence electrons. The quantitative estimate of drug-likeness (QED) is 0.536. The van der Waals surface area contributed by atoms with Crippen LogP contribution in [0.3, 0.4) is 0 Å². The highest BCUT2D eigenvalue weighted by molar-refractivity contribution is 4.67. The molecule has 1 saturated carbocycles. The second-order valence-electron chi connectivity index (χ2n) is 4.33. The highest BCUT2D eigenvalue weighted by Gasteiger charge is 2.13. The molecule has 14 heavy (non-hydrogen) atoms. The predicted molar refractivity (Wildman–Crippen MR) is 57.2 cm³/mol. The standard InChI is InChI=1S/C11H23NO2/c13-9-11(14)8-12-7-3-6-10-4-1-2-5-10/h10-14H,1-9H2/t11-/m0/s1. The number of aliphatic hydroxyl groups excluding tert-OH is 2.